The second-order valence-corrected chi connectivity index (χ2v) is 4.19. The molecule has 0 fully saturated rings. The van der Waals surface area contributed by atoms with Crippen LogP contribution in [0.2, 0.25) is 0 Å². The zero-order valence-electron chi connectivity index (χ0n) is 10.7. The smallest absolute Gasteiger partial charge is 0.311 e. The van der Waals surface area contributed by atoms with E-state index in [1.807, 2.05) is 0 Å². The zero-order chi connectivity index (χ0) is 16.2. The molecule has 0 bridgehead atoms. The molecule has 0 unspecified atom stereocenters. The summed E-state index contributed by atoms with van der Waals surface area (Å²) < 4.78 is 5.08. The number of carboxylic acid groups (broad SMARTS) is 4. The second-order valence-electron chi connectivity index (χ2n) is 4.19. The monoisotopic (exact) mass is 300 g/mol. The van der Waals surface area contributed by atoms with E-state index in [-0.39, 0.29) is 22.6 Å². The number of hydrogen-bond donors (Lipinski definition) is 4. The summed E-state index contributed by atoms with van der Waals surface area (Å²) in [5.41, 5.74) is -0.188. The summed E-state index contributed by atoms with van der Waals surface area (Å²) in [5, 5.41) is 35.1. The Balaban J connectivity index is 3.37. The third kappa shape index (κ3) is 4.64. The SMILES string of the molecule is O=C(O)Cc1oc(CC(=O)O)c(CC(=O)O)c1CC(=O)O. The van der Waals surface area contributed by atoms with Crippen LogP contribution in [0, 0.1) is 0 Å². The van der Waals surface area contributed by atoms with E-state index < -0.39 is 49.6 Å². The van der Waals surface area contributed by atoms with Crippen molar-refractivity contribution in [1.82, 2.24) is 0 Å². The molecule has 0 aliphatic rings. The molecule has 0 saturated heterocycles. The van der Waals surface area contributed by atoms with Crippen LogP contribution in [0.5, 0.6) is 0 Å². The summed E-state index contributed by atoms with van der Waals surface area (Å²) in [7, 11) is 0. The highest BCUT2D eigenvalue weighted by molar-refractivity contribution is 5.78. The number of rotatable bonds is 8. The van der Waals surface area contributed by atoms with Crippen molar-refractivity contribution in [2.45, 2.75) is 25.7 Å². The van der Waals surface area contributed by atoms with E-state index in [4.69, 9.17) is 24.8 Å². The summed E-state index contributed by atoms with van der Waals surface area (Å²) in [6.07, 6.45) is -2.60. The molecule has 0 aromatic carbocycles. The molecule has 9 heteroatoms. The first-order valence-corrected chi connectivity index (χ1v) is 5.70. The van der Waals surface area contributed by atoms with Gasteiger partial charge in [-0.2, -0.15) is 0 Å². The summed E-state index contributed by atoms with van der Waals surface area (Å²) in [5.74, 6) is -5.71. The van der Waals surface area contributed by atoms with E-state index in [9.17, 15) is 19.2 Å². The van der Waals surface area contributed by atoms with Gasteiger partial charge in [0.15, 0.2) is 0 Å². The Kier molecular flexibility index (Phi) is 5.06. The molecule has 1 rings (SSSR count). The predicted octanol–water partition coefficient (Wildman–Crippen LogP) is -0.212. The number of aliphatic carboxylic acids is 4. The van der Waals surface area contributed by atoms with Gasteiger partial charge in [-0.1, -0.05) is 0 Å². The molecule has 114 valence electrons. The molecule has 0 radical (unpaired) electrons. The average Bonchev–Trinajstić information content (AvgIpc) is 2.55. The van der Waals surface area contributed by atoms with Crippen molar-refractivity contribution >= 4 is 23.9 Å². The Labute approximate surface area is 117 Å². The molecule has 9 nitrogen and oxygen atoms in total. The fraction of sp³-hybridized carbons (Fsp3) is 0.333. The van der Waals surface area contributed by atoms with Crippen LogP contribution in [-0.2, 0) is 44.9 Å². The third-order valence-corrected chi connectivity index (χ3v) is 2.56. The first-order chi connectivity index (χ1) is 9.70. The van der Waals surface area contributed by atoms with E-state index in [1.54, 1.807) is 0 Å². The van der Waals surface area contributed by atoms with Crippen LogP contribution in [0.1, 0.15) is 22.6 Å². The van der Waals surface area contributed by atoms with Gasteiger partial charge in [-0.15, -0.1) is 0 Å². The zero-order valence-corrected chi connectivity index (χ0v) is 10.7. The van der Waals surface area contributed by atoms with Gasteiger partial charge in [-0.05, 0) is 0 Å². The highest BCUT2D eigenvalue weighted by Crippen LogP contribution is 2.26. The second kappa shape index (κ2) is 6.55. The Morgan fingerprint density at radius 1 is 0.619 bits per heavy atom. The van der Waals surface area contributed by atoms with E-state index in [0.717, 1.165) is 0 Å². The van der Waals surface area contributed by atoms with Gasteiger partial charge in [0.2, 0.25) is 0 Å². The molecular formula is C12H12O9. The highest BCUT2D eigenvalue weighted by atomic mass is 16.4. The van der Waals surface area contributed by atoms with Crippen LogP contribution >= 0.6 is 0 Å². The maximum atomic E-state index is 10.8. The molecule has 21 heavy (non-hydrogen) atoms. The maximum absolute atomic E-state index is 10.8. The largest absolute Gasteiger partial charge is 0.481 e. The fourth-order valence-corrected chi connectivity index (χ4v) is 1.88. The van der Waals surface area contributed by atoms with Crippen molar-refractivity contribution in [3.8, 4) is 0 Å². The first kappa shape index (κ1) is 16.2. The molecule has 1 aromatic heterocycles. The van der Waals surface area contributed by atoms with E-state index in [0.29, 0.717) is 0 Å². The van der Waals surface area contributed by atoms with E-state index in [1.165, 1.54) is 0 Å². The molecular weight excluding hydrogens is 288 g/mol. The maximum Gasteiger partial charge on any atom is 0.311 e. The Hall–Kier alpha value is -2.84. The van der Waals surface area contributed by atoms with E-state index >= 15 is 0 Å². The quantitative estimate of drug-likeness (QED) is 0.508. The van der Waals surface area contributed by atoms with Gasteiger partial charge < -0.3 is 24.8 Å². The van der Waals surface area contributed by atoms with Crippen molar-refractivity contribution < 1.29 is 44.0 Å². The van der Waals surface area contributed by atoms with Crippen molar-refractivity contribution in [2.75, 3.05) is 0 Å². The van der Waals surface area contributed by atoms with Crippen molar-refractivity contribution in [3.63, 3.8) is 0 Å². The summed E-state index contributed by atoms with van der Waals surface area (Å²) in [4.78, 5) is 43.1. The normalized spacial score (nSPS) is 10.3. The van der Waals surface area contributed by atoms with E-state index in [2.05, 4.69) is 0 Å². The van der Waals surface area contributed by atoms with Gasteiger partial charge in [-0.3, -0.25) is 19.2 Å². The Morgan fingerprint density at radius 2 is 0.905 bits per heavy atom. The topological polar surface area (TPSA) is 162 Å². The molecule has 4 N–H and O–H groups in total. The minimum atomic E-state index is -1.31. The lowest BCUT2D eigenvalue weighted by Gasteiger charge is -2.01. The lowest BCUT2D eigenvalue weighted by molar-refractivity contribution is -0.138. The van der Waals surface area contributed by atoms with Gasteiger partial charge in [-0.25, -0.2) is 0 Å². The summed E-state index contributed by atoms with van der Waals surface area (Å²) in [6, 6.07) is 0. The summed E-state index contributed by atoms with van der Waals surface area (Å²) in [6.45, 7) is 0. The fourth-order valence-electron chi connectivity index (χ4n) is 1.88. The first-order valence-electron chi connectivity index (χ1n) is 5.70. The third-order valence-electron chi connectivity index (χ3n) is 2.56. The number of furan rings is 1. The molecule has 0 atom stereocenters. The van der Waals surface area contributed by atoms with Crippen LogP contribution in [0.15, 0.2) is 4.42 Å². The molecule has 1 aromatic rings. The highest BCUT2D eigenvalue weighted by Gasteiger charge is 2.26. The van der Waals surface area contributed by atoms with Crippen LogP contribution in [0.4, 0.5) is 0 Å². The Morgan fingerprint density at radius 3 is 1.14 bits per heavy atom. The van der Waals surface area contributed by atoms with Crippen molar-refractivity contribution in [1.29, 1.82) is 0 Å². The average molecular weight is 300 g/mol. The lowest BCUT2D eigenvalue weighted by atomic mass is 10.00. The van der Waals surface area contributed by atoms with Gasteiger partial charge in [0.05, 0.1) is 12.8 Å². The van der Waals surface area contributed by atoms with Crippen LogP contribution in [0.25, 0.3) is 0 Å². The molecule has 0 saturated carbocycles. The number of carboxylic acids is 4. The standard InChI is InChI=1S/C12H12O9/c13-9(14)1-5-6(2-10(15)16)8(4-12(19)20)21-7(5)3-11(17)18/h1-4H2,(H,13,14)(H,15,16)(H,17,18)(H,19,20). The Bertz CT molecular complexity index is 546. The van der Waals surface area contributed by atoms with Gasteiger partial charge in [0.25, 0.3) is 0 Å². The molecule has 0 aliphatic carbocycles. The van der Waals surface area contributed by atoms with Gasteiger partial charge in [0.1, 0.15) is 24.4 Å². The van der Waals surface area contributed by atoms with Gasteiger partial charge in [0, 0.05) is 11.1 Å². The minimum Gasteiger partial charge on any atom is -0.481 e. The summed E-state index contributed by atoms with van der Waals surface area (Å²) >= 11 is 0. The van der Waals surface area contributed by atoms with Crippen LogP contribution in [0.3, 0.4) is 0 Å². The minimum absolute atomic E-state index is 0.0939. The van der Waals surface area contributed by atoms with Gasteiger partial charge >= 0.3 is 23.9 Å². The van der Waals surface area contributed by atoms with Crippen LogP contribution < -0.4 is 0 Å². The molecule has 0 aliphatic heterocycles. The van der Waals surface area contributed by atoms with Crippen molar-refractivity contribution in [2.24, 2.45) is 0 Å². The molecule has 1 heterocycles. The molecule has 0 amide bonds. The number of hydrogen-bond acceptors (Lipinski definition) is 5. The molecule has 0 spiro atoms. The van der Waals surface area contributed by atoms with Crippen molar-refractivity contribution in [3.05, 3.63) is 22.6 Å². The predicted molar refractivity (Wildman–Crippen MR) is 64.1 cm³/mol. The number of carbonyl (C=O) groups is 4. The lowest BCUT2D eigenvalue weighted by Crippen LogP contribution is -2.11. The van der Waals surface area contributed by atoms with Crippen LogP contribution in [-0.4, -0.2) is 44.3 Å².